The molecular formula is C20H26N2O4S. The summed E-state index contributed by atoms with van der Waals surface area (Å²) in [4.78, 5) is 38.6. The molecule has 2 atom stereocenters. The maximum absolute atomic E-state index is 12.7. The van der Waals surface area contributed by atoms with Gasteiger partial charge in [0, 0.05) is 18.2 Å². The zero-order chi connectivity index (χ0) is 19.2. The molecule has 2 unspecified atom stereocenters. The lowest BCUT2D eigenvalue weighted by molar-refractivity contribution is -0.143. The fourth-order valence-corrected chi connectivity index (χ4v) is 4.94. The third kappa shape index (κ3) is 5.03. The van der Waals surface area contributed by atoms with Gasteiger partial charge >= 0.3 is 5.97 Å². The van der Waals surface area contributed by atoms with E-state index in [4.69, 9.17) is 0 Å². The van der Waals surface area contributed by atoms with Gasteiger partial charge in [-0.1, -0.05) is 43.2 Å². The highest BCUT2D eigenvalue weighted by Crippen LogP contribution is 2.30. The van der Waals surface area contributed by atoms with E-state index >= 15 is 0 Å². The molecule has 1 saturated heterocycles. The Kier molecular flexibility index (Phi) is 6.77. The van der Waals surface area contributed by atoms with Crippen LogP contribution in [0, 0.1) is 11.8 Å². The first kappa shape index (κ1) is 19.7. The number of carbonyl (C=O) groups excluding carboxylic acids is 2. The van der Waals surface area contributed by atoms with Crippen molar-refractivity contribution >= 4 is 29.5 Å². The molecule has 1 aromatic carbocycles. The van der Waals surface area contributed by atoms with Crippen LogP contribution in [0.2, 0.25) is 0 Å². The molecule has 7 heteroatoms. The summed E-state index contributed by atoms with van der Waals surface area (Å²) < 4.78 is 0. The van der Waals surface area contributed by atoms with Gasteiger partial charge < -0.3 is 15.3 Å². The minimum Gasteiger partial charge on any atom is -0.481 e. The lowest BCUT2D eigenvalue weighted by atomic mass is 9.99. The van der Waals surface area contributed by atoms with E-state index in [0.717, 1.165) is 31.2 Å². The zero-order valence-corrected chi connectivity index (χ0v) is 16.1. The second kappa shape index (κ2) is 9.26. The molecular weight excluding hydrogens is 364 g/mol. The van der Waals surface area contributed by atoms with E-state index in [1.54, 1.807) is 16.7 Å². The number of nitrogens with one attached hydrogen (secondary N) is 1. The molecule has 1 aromatic rings. The van der Waals surface area contributed by atoms with Crippen molar-refractivity contribution in [2.24, 2.45) is 11.8 Å². The first-order valence-electron chi connectivity index (χ1n) is 9.49. The van der Waals surface area contributed by atoms with E-state index in [2.05, 4.69) is 5.32 Å². The molecule has 1 aliphatic heterocycles. The highest BCUT2D eigenvalue weighted by molar-refractivity contribution is 7.99. The number of hydrogen-bond donors (Lipinski definition) is 2. The summed E-state index contributed by atoms with van der Waals surface area (Å²) in [6.45, 7) is 0.0652. The second-order valence-corrected chi connectivity index (χ2v) is 8.27. The molecule has 3 rings (SSSR count). The van der Waals surface area contributed by atoms with Gasteiger partial charge in [-0.05, 0) is 24.8 Å². The molecule has 0 spiro atoms. The van der Waals surface area contributed by atoms with E-state index in [-0.39, 0.29) is 24.3 Å². The Labute approximate surface area is 163 Å². The summed E-state index contributed by atoms with van der Waals surface area (Å²) in [6.07, 6.45) is 4.33. The minimum absolute atomic E-state index is 0.0452. The Morgan fingerprint density at radius 1 is 1.19 bits per heavy atom. The highest BCUT2D eigenvalue weighted by Gasteiger charge is 2.38. The van der Waals surface area contributed by atoms with Crippen molar-refractivity contribution in [3.8, 4) is 0 Å². The summed E-state index contributed by atoms with van der Waals surface area (Å²) in [5.74, 6) is -0.630. The number of thioether (sulfide) groups is 1. The van der Waals surface area contributed by atoms with E-state index in [0.29, 0.717) is 18.1 Å². The lowest BCUT2D eigenvalue weighted by Gasteiger charge is -2.26. The van der Waals surface area contributed by atoms with Crippen LogP contribution < -0.4 is 5.32 Å². The quantitative estimate of drug-likeness (QED) is 0.745. The number of rotatable bonds is 7. The summed E-state index contributed by atoms with van der Waals surface area (Å²) in [6, 6.07) is 8.90. The standard InChI is InChI=1S/C20H26N2O4S/c23-18(17-12-27-13-22(17)19(24)15-8-4-5-9-15)21-11-16(20(25)26)10-14-6-2-1-3-7-14/h1-3,6-7,15-17H,4-5,8-13H2,(H,21,23)(H,25,26). The monoisotopic (exact) mass is 390 g/mol. The number of carbonyl (C=O) groups is 3. The third-order valence-electron chi connectivity index (χ3n) is 5.37. The van der Waals surface area contributed by atoms with E-state index in [1.165, 1.54) is 0 Å². The molecule has 2 N–H and O–H groups in total. The molecule has 2 aliphatic rings. The molecule has 146 valence electrons. The minimum atomic E-state index is -0.932. The van der Waals surface area contributed by atoms with Crippen molar-refractivity contribution in [3.63, 3.8) is 0 Å². The van der Waals surface area contributed by atoms with Gasteiger partial charge in [-0.3, -0.25) is 14.4 Å². The summed E-state index contributed by atoms with van der Waals surface area (Å²) >= 11 is 1.58. The Hall–Kier alpha value is -2.02. The van der Waals surface area contributed by atoms with Gasteiger partial charge in [0.15, 0.2) is 0 Å². The summed E-state index contributed by atoms with van der Waals surface area (Å²) in [5, 5.41) is 12.3. The second-order valence-electron chi connectivity index (χ2n) is 7.28. The molecule has 1 aliphatic carbocycles. The predicted molar refractivity (Wildman–Crippen MR) is 104 cm³/mol. The van der Waals surface area contributed by atoms with Crippen LogP contribution in [-0.4, -0.2) is 52.0 Å². The Balaban J connectivity index is 1.56. The van der Waals surface area contributed by atoms with Crippen molar-refractivity contribution in [3.05, 3.63) is 35.9 Å². The van der Waals surface area contributed by atoms with Crippen LogP contribution in [0.4, 0.5) is 0 Å². The van der Waals surface area contributed by atoms with Crippen LogP contribution in [0.25, 0.3) is 0 Å². The molecule has 27 heavy (non-hydrogen) atoms. The fourth-order valence-electron chi connectivity index (χ4n) is 3.77. The smallest absolute Gasteiger partial charge is 0.308 e. The molecule has 1 saturated carbocycles. The Bertz CT molecular complexity index is 676. The Morgan fingerprint density at radius 3 is 2.56 bits per heavy atom. The number of carboxylic acids is 1. The third-order valence-corrected chi connectivity index (χ3v) is 6.38. The number of aliphatic carboxylic acids is 1. The molecule has 2 fully saturated rings. The molecule has 0 aromatic heterocycles. The molecule has 2 amide bonds. The number of amides is 2. The van der Waals surface area contributed by atoms with Crippen LogP contribution in [0.1, 0.15) is 31.2 Å². The summed E-state index contributed by atoms with van der Waals surface area (Å²) in [7, 11) is 0. The predicted octanol–water partition coefficient (Wildman–Crippen LogP) is 2.14. The normalized spacial score (nSPS) is 21.2. The average Bonchev–Trinajstić information content (AvgIpc) is 3.36. The van der Waals surface area contributed by atoms with Gasteiger partial charge in [-0.25, -0.2) is 0 Å². The topological polar surface area (TPSA) is 86.7 Å². The lowest BCUT2D eigenvalue weighted by Crippen LogP contribution is -2.50. The van der Waals surface area contributed by atoms with Gasteiger partial charge in [-0.2, -0.15) is 0 Å². The maximum atomic E-state index is 12.7. The molecule has 6 nitrogen and oxygen atoms in total. The summed E-state index contributed by atoms with van der Waals surface area (Å²) in [5.41, 5.74) is 0.925. The first-order chi connectivity index (χ1) is 13.1. The number of hydrogen-bond acceptors (Lipinski definition) is 4. The molecule has 1 heterocycles. The molecule has 0 radical (unpaired) electrons. The van der Waals surface area contributed by atoms with E-state index < -0.39 is 17.9 Å². The van der Waals surface area contributed by atoms with Crippen molar-refractivity contribution in [1.29, 1.82) is 0 Å². The zero-order valence-electron chi connectivity index (χ0n) is 15.3. The van der Waals surface area contributed by atoms with E-state index in [9.17, 15) is 19.5 Å². The van der Waals surface area contributed by atoms with Crippen LogP contribution in [0.5, 0.6) is 0 Å². The van der Waals surface area contributed by atoms with Gasteiger partial charge in [0.2, 0.25) is 11.8 Å². The van der Waals surface area contributed by atoms with Crippen LogP contribution in [-0.2, 0) is 20.8 Å². The van der Waals surface area contributed by atoms with Crippen LogP contribution in [0.15, 0.2) is 30.3 Å². The maximum Gasteiger partial charge on any atom is 0.308 e. The van der Waals surface area contributed by atoms with E-state index in [1.807, 2.05) is 30.3 Å². The first-order valence-corrected chi connectivity index (χ1v) is 10.6. The number of carboxylic acid groups (broad SMARTS) is 1. The SMILES string of the molecule is O=C(O)C(CNC(=O)C1CSCN1C(=O)C1CCCC1)Cc1ccccc1. The van der Waals surface area contributed by atoms with Crippen LogP contribution >= 0.6 is 11.8 Å². The molecule has 0 bridgehead atoms. The highest BCUT2D eigenvalue weighted by atomic mass is 32.2. The van der Waals surface area contributed by atoms with Crippen molar-refractivity contribution in [1.82, 2.24) is 10.2 Å². The fraction of sp³-hybridized carbons (Fsp3) is 0.550. The average molecular weight is 391 g/mol. The van der Waals surface area contributed by atoms with Gasteiger partial charge in [0.1, 0.15) is 6.04 Å². The van der Waals surface area contributed by atoms with Crippen molar-refractivity contribution < 1.29 is 19.5 Å². The largest absolute Gasteiger partial charge is 0.481 e. The van der Waals surface area contributed by atoms with Gasteiger partial charge in [0.25, 0.3) is 0 Å². The van der Waals surface area contributed by atoms with Crippen molar-refractivity contribution in [2.45, 2.75) is 38.1 Å². The Morgan fingerprint density at radius 2 is 1.89 bits per heavy atom. The van der Waals surface area contributed by atoms with Gasteiger partial charge in [0.05, 0.1) is 11.8 Å². The number of benzene rings is 1. The van der Waals surface area contributed by atoms with Gasteiger partial charge in [-0.15, -0.1) is 11.8 Å². The number of nitrogens with zero attached hydrogens (tertiary/aromatic N) is 1. The van der Waals surface area contributed by atoms with Crippen molar-refractivity contribution in [2.75, 3.05) is 18.2 Å². The van der Waals surface area contributed by atoms with Crippen LogP contribution in [0.3, 0.4) is 0 Å².